The molecule has 0 spiro atoms. The van der Waals surface area contributed by atoms with E-state index < -0.39 is 5.60 Å². The van der Waals surface area contributed by atoms with E-state index in [0.29, 0.717) is 30.5 Å². The van der Waals surface area contributed by atoms with Crippen molar-refractivity contribution >= 4 is 17.7 Å². The van der Waals surface area contributed by atoms with E-state index in [-0.39, 0.29) is 23.7 Å². The highest BCUT2D eigenvalue weighted by Crippen LogP contribution is 2.36. The lowest BCUT2D eigenvalue weighted by Gasteiger charge is -2.38. The maximum Gasteiger partial charge on any atom is 0.410 e. The van der Waals surface area contributed by atoms with Gasteiger partial charge in [-0.25, -0.2) is 4.79 Å². The van der Waals surface area contributed by atoms with Crippen LogP contribution >= 0.6 is 0 Å². The molecule has 0 fully saturated rings. The molecule has 0 aliphatic carbocycles. The molecule has 0 saturated heterocycles. The van der Waals surface area contributed by atoms with Crippen molar-refractivity contribution in [3.05, 3.63) is 88.7 Å². The Bertz CT molecular complexity index is 1290. The van der Waals surface area contributed by atoms with Crippen LogP contribution in [0.3, 0.4) is 0 Å². The number of Topliss-reactive ketones (excluding diaryl/α,β-unsaturated/α-hetero) is 2. The number of fused-ring (bicyclic) bond motifs is 1. The summed E-state index contributed by atoms with van der Waals surface area (Å²) in [5.41, 5.74) is 5.30. The molecule has 186 valence electrons. The Kier molecular flexibility index (Phi) is 7.07. The first kappa shape index (κ1) is 25.3. The van der Waals surface area contributed by atoms with Gasteiger partial charge in [0.1, 0.15) is 5.60 Å². The Morgan fingerprint density at radius 2 is 1.50 bits per heavy atom. The molecule has 3 aromatic rings. The van der Waals surface area contributed by atoms with E-state index >= 15 is 0 Å². The van der Waals surface area contributed by atoms with Gasteiger partial charge in [-0.2, -0.15) is 0 Å². The second-order valence-electron chi connectivity index (χ2n) is 10.3. The van der Waals surface area contributed by atoms with Crippen LogP contribution in [0.2, 0.25) is 0 Å². The molecule has 0 bridgehead atoms. The van der Waals surface area contributed by atoms with Crippen molar-refractivity contribution < 1.29 is 19.1 Å². The van der Waals surface area contributed by atoms with E-state index in [1.165, 1.54) is 13.8 Å². The van der Waals surface area contributed by atoms with Gasteiger partial charge >= 0.3 is 6.09 Å². The van der Waals surface area contributed by atoms with Crippen LogP contribution < -0.4 is 0 Å². The average molecular weight is 485 g/mol. The summed E-state index contributed by atoms with van der Waals surface area (Å²) < 4.78 is 5.74. The third-order valence-corrected chi connectivity index (χ3v) is 6.42. The van der Waals surface area contributed by atoms with Gasteiger partial charge in [-0.15, -0.1) is 0 Å². The lowest BCUT2D eigenvalue weighted by atomic mass is 9.84. The van der Waals surface area contributed by atoms with E-state index in [4.69, 9.17) is 4.74 Å². The highest BCUT2D eigenvalue weighted by molar-refractivity contribution is 6.07. The van der Waals surface area contributed by atoms with Crippen molar-refractivity contribution in [1.29, 1.82) is 0 Å². The van der Waals surface area contributed by atoms with Gasteiger partial charge in [0.05, 0.1) is 6.04 Å². The van der Waals surface area contributed by atoms with Gasteiger partial charge < -0.3 is 9.64 Å². The van der Waals surface area contributed by atoms with Crippen LogP contribution in [0.4, 0.5) is 4.79 Å². The third kappa shape index (κ3) is 5.54. The zero-order chi connectivity index (χ0) is 26.0. The second-order valence-corrected chi connectivity index (χ2v) is 10.3. The predicted molar refractivity (Wildman–Crippen MR) is 139 cm³/mol. The maximum atomic E-state index is 13.2. The van der Waals surface area contributed by atoms with E-state index in [2.05, 4.69) is 29.2 Å². The minimum absolute atomic E-state index is 0.138. The zero-order valence-electron chi connectivity index (χ0n) is 21.5. The van der Waals surface area contributed by atoms with Gasteiger partial charge in [0.15, 0.2) is 11.6 Å². The fourth-order valence-electron chi connectivity index (χ4n) is 4.70. The molecule has 1 aliphatic heterocycles. The van der Waals surface area contributed by atoms with E-state index in [1.54, 1.807) is 23.4 Å². The van der Waals surface area contributed by atoms with Crippen LogP contribution in [0.1, 0.15) is 78.1 Å². The number of ether oxygens (including phenoxy) is 1. The van der Waals surface area contributed by atoms with Crippen molar-refractivity contribution in [1.82, 2.24) is 9.88 Å². The summed E-state index contributed by atoms with van der Waals surface area (Å²) in [7, 11) is 0. The van der Waals surface area contributed by atoms with Gasteiger partial charge in [0.2, 0.25) is 0 Å². The number of carbonyl (C=O) groups excluding carboxylic acids is 3. The predicted octanol–water partition coefficient (Wildman–Crippen LogP) is 6.23. The topological polar surface area (TPSA) is 76.6 Å². The first-order chi connectivity index (χ1) is 17.0. The summed E-state index contributed by atoms with van der Waals surface area (Å²) in [6, 6.07) is 15.5. The number of rotatable bonds is 5. The molecule has 1 unspecified atom stereocenters. The molecule has 2 aromatic carbocycles. The monoisotopic (exact) mass is 484 g/mol. The summed E-state index contributed by atoms with van der Waals surface area (Å²) in [4.78, 5) is 43.8. The van der Waals surface area contributed by atoms with Crippen LogP contribution in [-0.2, 0) is 17.6 Å². The molecule has 0 N–H and O–H groups in total. The lowest BCUT2D eigenvalue weighted by molar-refractivity contribution is 0.0141. The Balaban J connectivity index is 1.74. The lowest BCUT2D eigenvalue weighted by Crippen LogP contribution is -2.44. The first-order valence-electron chi connectivity index (χ1n) is 12.2. The minimum Gasteiger partial charge on any atom is -0.444 e. The Morgan fingerprint density at radius 1 is 0.917 bits per heavy atom. The van der Waals surface area contributed by atoms with Gasteiger partial charge in [0.25, 0.3) is 0 Å². The number of carbonyl (C=O) groups is 3. The molecular weight excluding hydrogens is 452 g/mol. The Morgan fingerprint density at radius 3 is 2.08 bits per heavy atom. The fourth-order valence-corrected chi connectivity index (χ4v) is 4.70. The van der Waals surface area contributed by atoms with Crippen LogP contribution in [-0.4, -0.2) is 39.7 Å². The van der Waals surface area contributed by atoms with E-state index in [9.17, 15) is 14.4 Å². The Hall–Kier alpha value is -3.80. The van der Waals surface area contributed by atoms with Crippen LogP contribution in [0, 0.1) is 0 Å². The molecule has 1 atom stereocenters. The summed E-state index contributed by atoms with van der Waals surface area (Å²) in [5.74, 6) is -0.307. The molecule has 0 radical (unpaired) electrons. The normalized spacial score (nSPS) is 15.2. The number of hydrogen-bond donors (Lipinski definition) is 0. The van der Waals surface area contributed by atoms with Crippen molar-refractivity contribution in [3.63, 3.8) is 0 Å². The summed E-state index contributed by atoms with van der Waals surface area (Å²) in [5, 5.41) is 0. The molecule has 0 saturated carbocycles. The molecular formula is C30H32N2O4. The fraction of sp³-hybridized carbons (Fsp3) is 0.333. The Labute approximate surface area is 212 Å². The highest BCUT2D eigenvalue weighted by atomic mass is 16.6. The number of ketones is 2. The summed E-state index contributed by atoms with van der Waals surface area (Å²) >= 11 is 0. The smallest absolute Gasteiger partial charge is 0.410 e. The first-order valence-corrected chi connectivity index (χ1v) is 12.2. The van der Waals surface area contributed by atoms with E-state index in [1.807, 2.05) is 39.0 Å². The van der Waals surface area contributed by atoms with E-state index in [0.717, 1.165) is 27.8 Å². The van der Waals surface area contributed by atoms with Crippen molar-refractivity contribution in [2.75, 3.05) is 6.54 Å². The number of benzene rings is 2. The minimum atomic E-state index is -0.628. The van der Waals surface area contributed by atoms with Gasteiger partial charge in [-0.1, -0.05) is 24.3 Å². The number of amides is 1. The number of hydrogen-bond acceptors (Lipinski definition) is 5. The molecule has 1 amide bonds. The quantitative estimate of drug-likeness (QED) is 0.401. The van der Waals surface area contributed by atoms with Gasteiger partial charge in [-0.05, 0) is 99.5 Å². The molecule has 1 aromatic heterocycles. The van der Waals surface area contributed by atoms with Gasteiger partial charge in [-0.3, -0.25) is 14.6 Å². The van der Waals surface area contributed by atoms with Crippen LogP contribution in [0.15, 0.2) is 60.9 Å². The molecule has 4 rings (SSSR count). The summed E-state index contributed by atoms with van der Waals surface area (Å²) in [6.07, 6.45) is 4.29. The third-order valence-electron chi connectivity index (χ3n) is 6.42. The molecule has 1 aliphatic rings. The zero-order valence-corrected chi connectivity index (χ0v) is 21.5. The van der Waals surface area contributed by atoms with Crippen LogP contribution in [0.5, 0.6) is 0 Å². The standard InChI is InChI=1S/C30H32N2O4/c1-19(33)25-17-24-12-15-32(29(35)36-30(3,4)5)28(27(24)18-26(25)20(2)34)16-21-6-8-22(9-7-21)23-10-13-31-14-11-23/h6-11,13-14,17-18,28H,12,15-16H2,1-5H3. The molecule has 6 nitrogen and oxygen atoms in total. The maximum absolute atomic E-state index is 13.2. The highest BCUT2D eigenvalue weighted by Gasteiger charge is 2.35. The van der Waals surface area contributed by atoms with Crippen molar-refractivity contribution in [2.24, 2.45) is 0 Å². The molecule has 6 heteroatoms. The number of nitrogens with zero attached hydrogens (tertiary/aromatic N) is 2. The van der Waals surface area contributed by atoms with Gasteiger partial charge in [0, 0.05) is 30.1 Å². The SMILES string of the molecule is CC(=O)c1cc2c(cc1C(C)=O)C(Cc1ccc(-c3ccncc3)cc1)N(C(=O)OC(C)(C)C)CC2. The average Bonchev–Trinajstić information content (AvgIpc) is 2.83. The van der Waals surface area contributed by atoms with Crippen molar-refractivity contribution in [2.45, 2.75) is 59.1 Å². The number of pyridine rings is 1. The van der Waals surface area contributed by atoms with Crippen molar-refractivity contribution in [3.8, 4) is 11.1 Å². The molecule has 36 heavy (non-hydrogen) atoms. The second kappa shape index (κ2) is 10.1. The number of aromatic nitrogens is 1. The largest absolute Gasteiger partial charge is 0.444 e. The summed E-state index contributed by atoms with van der Waals surface area (Å²) in [6.45, 7) is 8.97. The molecule has 2 heterocycles. The van der Waals surface area contributed by atoms with Crippen LogP contribution in [0.25, 0.3) is 11.1 Å².